The first kappa shape index (κ1) is 10.7. The van der Waals surface area contributed by atoms with Crippen molar-refractivity contribution in [3.8, 4) is 0 Å². The Labute approximate surface area is 83.0 Å². The van der Waals surface area contributed by atoms with Gasteiger partial charge in [0.25, 0.3) is 5.91 Å². The molecule has 0 unspecified atom stereocenters. The molecule has 14 heavy (non-hydrogen) atoms. The Morgan fingerprint density at radius 2 is 2.21 bits per heavy atom. The van der Waals surface area contributed by atoms with Crippen molar-refractivity contribution in [2.45, 2.75) is 26.4 Å². The minimum Gasteiger partial charge on any atom is -0.381 e. The van der Waals surface area contributed by atoms with E-state index in [1.54, 1.807) is 18.5 Å². The van der Waals surface area contributed by atoms with Crippen LogP contribution in [0.2, 0.25) is 0 Å². The highest BCUT2D eigenvalue weighted by atomic mass is 16.3. The van der Waals surface area contributed by atoms with E-state index in [1.165, 1.54) is 13.8 Å². The number of rotatable bonds is 2. The molecule has 0 aliphatic carbocycles. The molecule has 0 fully saturated rings. The standard InChI is InChI=1S/C10H14N2O2/c1-7-4-5-11-6-8(7)12-9(13)10(2,3)14/h4-6,14H,1-3H3,(H,12,13). The third-order valence-corrected chi connectivity index (χ3v) is 1.84. The smallest absolute Gasteiger partial charge is 0.255 e. The van der Waals surface area contributed by atoms with Crippen LogP contribution in [-0.2, 0) is 4.79 Å². The van der Waals surface area contributed by atoms with Crippen molar-refractivity contribution in [3.05, 3.63) is 24.0 Å². The second-order valence-electron chi connectivity index (χ2n) is 3.70. The summed E-state index contributed by atoms with van der Waals surface area (Å²) in [6.45, 7) is 4.74. The molecule has 76 valence electrons. The summed E-state index contributed by atoms with van der Waals surface area (Å²) >= 11 is 0. The Morgan fingerprint density at radius 1 is 1.57 bits per heavy atom. The topological polar surface area (TPSA) is 62.2 Å². The first-order valence-electron chi connectivity index (χ1n) is 4.35. The van der Waals surface area contributed by atoms with E-state index >= 15 is 0 Å². The van der Waals surface area contributed by atoms with Crippen LogP contribution in [0, 0.1) is 6.92 Å². The van der Waals surface area contributed by atoms with E-state index in [-0.39, 0.29) is 0 Å². The molecule has 1 amide bonds. The van der Waals surface area contributed by atoms with Crippen LogP contribution in [0.25, 0.3) is 0 Å². The van der Waals surface area contributed by atoms with Crippen LogP contribution >= 0.6 is 0 Å². The maximum Gasteiger partial charge on any atom is 0.255 e. The van der Waals surface area contributed by atoms with E-state index in [2.05, 4.69) is 10.3 Å². The molecule has 4 heteroatoms. The number of aryl methyl sites for hydroxylation is 1. The molecule has 4 nitrogen and oxygen atoms in total. The van der Waals surface area contributed by atoms with E-state index in [9.17, 15) is 9.90 Å². The Morgan fingerprint density at radius 3 is 2.71 bits per heavy atom. The molecule has 1 aromatic heterocycles. The van der Waals surface area contributed by atoms with Crippen molar-refractivity contribution in [2.24, 2.45) is 0 Å². The molecular weight excluding hydrogens is 180 g/mol. The van der Waals surface area contributed by atoms with Crippen molar-refractivity contribution < 1.29 is 9.90 Å². The highest BCUT2D eigenvalue weighted by Gasteiger charge is 2.23. The lowest BCUT2D eigenvalue weighted by Gasteiger charge is -2.17. The van der Waals surface area contributed by atoms with E-state index < -0.39 is 11.5 Å². The van der Waals surface area contributed by atoms with E-state index in [0.29, 0.717) is 5.69 Å². The number of amides is 1. The van der Waals surface area contributed by atoms with E-state index in [4.69, 9.17) is 0 Å². The SMILES string of the molecule is Cc1ccncc1NC(=O)C(C)(C)O. The van der Waals surface area contributed by atoms with Gasteiger partial charge in [-0.15, -0.1) is 0 Å². The van der Waals surface area contributed by atoms with Gasteiger partial charge in [0.15, 0.2) is 0 Å². The van der Waals surface area contributed by atoms with Gasteiger partial charge in [-0.1, -0.05) is 0 Å². The van der Waals surface area contributed by atoms with Crippen LogP contribution in [0.1, 0.15) is 19.4 Å². The van der Waals surface area contributed by atoms with Gasteiger partial charge in [0, 0.05) is 6.20 Å². The van der Waals surface area contributed by atoms with Gasteiger partial charge in [0.05, 0.1) is 11.9 Å². The van der Waals surface area contributed by atoms with Crippen LogP contribution < -0.4 is 5.32 Å². The van der Waals surface area contributed by atoms with Crippen LogP contribution in [-0.4, -0.2) is 21.6 Å². The fourth-order valence-corrected chi connectivity index (χ4v) is 0.870. The predicted octanol–water partition coefficient (Wildman–Crippen LogP) is 1.10. The van der Waals surface area contributed by atoms with Crippen LogP contribution in [0.15, 0.2) is 18.5 Å². The van der Waals surface area contributed by atoms with Gasteiger partial charge in [-0.25, -0.2) is 0 Å². The number of carbonyl (C=O) groups excluding carboxylic acids is 1. The number of aromatic nitrogens is 1. The normalized spacial score (nSPS) is 11.1. The van der Waals surface area contributed by atoms with Gasteiger partial charge in [0.2, 0.25) is 0 Å². The van der Waals surface area contributed by atoms with Crippen molar-refractivity contribution in [3.63, 3.8) is 0 Å². The molecule has 0 radical (unpaired) electrons. The maximum atomic E-state index is 11.4. The molecule has 0 saturated carbocycles. The first-order valence-corrected chi connectivity index (χ1v) is 4.35. The van der Waals surface area contributed by atoms with Crippen molar-refractivity contribution >= 4 is 11.6 Å². The van der Waals surface area contributed by atoms with Gasteiger partial charge < -0.3 is 10.4 Å². The van der Waals surface area contributed by atoms with Crippen LogP contribution in [0.3, 0.4) is 0 Å². The van der Waals surface area contributed by atoms with Crippen LogP contribution in [0.4, 0.5) is 5.69 Å². The molecule has 0 spiro atoms. The molecule has 1 aromatic rings. The number of hydrogen-bond donors (Lipinski definition) is 2. The van der Waals surface area contributed by atoms with Gasteiger partial charge >= 0.3 is 0 Å². The summed E-state index contributed by atoms with van der Waals surface area (Å²) < 4.78 is 0. The van der Waals surface area contributed by atoms with Crippen LogP contribution in [0.5, 0.6) is 0 Å². The zero-order valence-electron chi connectivity index (χ0n) is 8.53. The second kappa shape index (κ2) is 3.75. The molecule has 0 bridgehead atoms. The van der Waals surface area contributed by atoms with E-state index in [0.717, 1.165) is 5.56 Å². The number of aliphatic hydroxyl groups is 1. The third-order valence-electron chi connectivity index (χ3n) is 1.84. The monoisotopic (exact) mass is 194 g/mol. The zero-order chi connectivity index (χ0) is 10.8. The minimum absolute atomic E-state index is 0.436. The van der Waals surface area contributed by atoms with Gasteiger partial charge in [-0.2, -0.15) is 0 Å². The quantitative estimate of drug-likeness (QED) is 0.741. The zero-order valence-corrected chi connectivity index (χ0v) is 8.53. The Kier molecular flexibility index (Phi) is 2.86. The summed E-state index contributed by atoms with van der Waals surface area (Å²) in [7, 11) is 0. The molecule has 0 aromatic carbocycles. The van der Waals surface area contributed by atoms with Gasteiger partial charge in [-0.05, 0) is 32.4 Å². The fraction of sp³-hybridized carbons (Fsp3) is 0.400. The lowest BCUT2D eigenvalue weighted by Crippen LogP contribution is -2.36. The molecule has 0 atom stereocenters. The summed E-state index contributed by atoms with van der Waals surface area (Å²) in [6, 6.07) is 1.79. The lowest BCUT2D eigenvalue weighted by atomic mass is 10.1. The maximum absolute atomic E-state index is 11.4. The largest absolute Gasteiger partial charge is 0.381 e. The number of pyridine rings is 1. The average molecular weight is 194 g/mol. The summed E-state index contributed by atoms with van der Waals surface area (Å²) in [5.41, 5.74) is 0.166. The Balaban J connectivity index is 2.80. The highest BCUT2D eigenvalue weighted by molar-refractivity contribution is 5.96. The third kappa shape index (κ3) is 2.53. The van der Waals surface area contributed by atoms with Crippen molar-refractivity contribution in [2.75, 3.05) is 5.32 Å². The summed E-state index contributed by atoms with van der Waals surface area (Å²) in [6.07, 6.45) is 3.20. The van der Waals surface area contributed by atoms with Gasteiger partial charge in [0.1, 0.15) is 5.60 Å². The number of carbonyl (C=O) groups is 1. The lowest BCUT2D eigenvalue weighted by molar-refractivity contribution is -0.130. The summed E-state index contributed by atoms with van der Waals surface area (Å²) in [4.78, 5) is 15.3. The first-order chi connectivity index (χ1) is 6.41. The van der Waals surface area contributed by atoms with Crippen molar-refractivity contribution in [1.29, 1.82) is 0 Å². The second-order valence-corrected chi connectivity index (χ2v) is 3.70. The molecule has 0 aliphatic heterocycles. The summed E-state index contributed by atoms with van der Waals surface area (Å²) in [5, 5.41) is 12.0. The molecule has 1 rings (SSSR count). The minimum atomic E-state index is -1.37. The molecular formula is C10H14N2O2. The highest BCUT2D eigenvalue weighted by Crippen LogP contribution is 2.13. The van der Waals surface area contributed by atoms with Gasteiger partial charge in [-0.3, -0.25) is 9.78 Å². The van der Waals surface area contributed by atoms with E-state index in [1.807, 2.05) is 6.92 Å². The molecule has 1 heterocycles. The fourth-order valence-electron chi connectivity index (χ4n) is 0.870. The number of nitrogens with zero attached hydrogens (tertiary/aromatic N) is 1. The number of nitrogens with one attached hydrogen (secondary N) is 1. The molecule has 0 saturated heterocycles. The number of hydrogen-bond acceptors (Lipinski definition) is 3. The molecule has 2 N–H and O–H groups in total. The molecule has 0 aliphatic rings. The predicted molar refractivity (Wildman–Crippen MR) is 53.9 cm³/mol. The Hall–Kier alpha value is -1.42. The Bertz CT molecular complexity index is 342. The average Bonchev–Trinajstić information content (AvgIpc) is 2.07. The number of anilines is 1. The van der Waals surface area contributed by atoms with Crippen molar-refractivity contribution in [1.82, 2.24) is 4.98 Å². The summed E-state index contributed by atoms with van der Waals surface area (Å²) in [5.74, 6) is -0.436.